The molecule has 0 aromatic carbocycles. The van der Waals surface area contributed by atoms with Crippen LogP contribution < -0.4 is 5.32 Å². The maximum atomic E-state index is 5.78. The van der Waals surface area contributed by atoms with Crippen molar-refractivity contribution in [3.8, 4) is 0 Å². The molecule has 0 bridgehead atoms. The molecule has 2 nitrogen and oxygen atoms in total. The van der Waals surface area contributed by atoms with Gasteiger partial charge in [-0.15, -0.1) is 11.6 Å². The number of halogens is 1. The van der Waals surface area contributed by atoms with Gasteiger partial charge >= 0.3 is 0 Å². The first-order valence-corrected chi connectivity index (χ1v) is 6.68. The molecule has 1 aliphatic rings. The lowest BCUT2D eigenvalue weighted by Crippen LogP contribution is -2.42. The number of ether oxygens (including phenoxy) is 1. The van der Waals surface area contributed by atoms with Gasteiger partial charge in [-0.1, -0.05) is 6.92 Å². The van der Waals surface area contributed by atoms with Crippen molar-refractivity contribution in [2.75, 3.05) is 13.0 Å². The molecule has 1 fully saturated rings. The van der Waals surface area contributed by atoms with E-state index in [9.17, 15) is 0 Å². The fourth-order valence-corrected chi connectivity index (χ4v) is 2.64. The Labute approximate surface area is 98.7 Å². The van der Waals surface area contributed by atoms with Crippen molar-refractivity contribution in [1.29, 1.82) is 0 Å². The Morgan fingerprint density at radius 3 is 2.87 bits per heavy atom. The minimum atomic E-state index is 0.463. The van der Waals surface area contributed by atoms with Crippen LogP contribution in [0.3, 0.4) is 0 Å². The lowest BCUT2D eigenvalue weighted by molar-refractivity contribution is 0.0567. The minimum absolute atomic E-state index is 0.463. The summed E-state index contributed by atoms with van der Waals surface area (Å²) in [5.74, 6) is 0.756. The average Bonchev–Trinajstić information content (AvgIpc) is 2.29. The van der Waals surface area contributed by atoms with Gasteiger partial charge in [0, 0.05) is 25.1 Å². The summed E-state index contributed by atoms with van der Waals surface area (Å²) >= 11 is 5.78. The predicted octanol–water partition coefficient (Wildman–Crippen LogP) is 2.94. The van der Waals surface area contributed by atoms with Gasteiger partial charge in [-0.2, -0.15) is 0 Å². The summed E-state index contributed by atoms with van der Waals surface area (Å²) in [6, 6.07) is 1.22. The van der Waals surface area contributed by atoms with Crippen LogP contribution in [-0.4, -0.2) is 31.2 Å². The standard InChI is InChI=1S/C12H24ClNO/c1-3-10(7-8-13)14-11-5-4-6-12(9-11)15-2/h10-12,14H,3-9H2,1-2H3. The van der Waals surface area contributed by atoms with E-state index in [1.165, 1.54) is 25.7 Å². The second-order valence-electron chi connectivity index (χ2n) is 4.47. The Morgan fingerprint density at radius 1 is 1.47 bits per heavy atom. The molecule has 3 heteroatoms. The van der Waals surface area contributed by atoms with Gasteiger partial charge in [0.05, 0.1) is 6.10 Å². The van der Waals surface area contributed by atoms with E-state index in [4.69, 9.17) is 16.3 Å². The summed E-state index contributed by atoms with van der Waals surface area (Å²) in [7, 11) is 1.82. The molecule has 0 heterocycles. The van der Waals surface area contributed by atoms with Crippen molar-refractivity contribution in [2.45, 2.75) is 63.6 Å². The third-order valence-electron chi connectivity index (χ3n) is 3.38. The molecule has 15 heavy (non-hydrogen) atoms. The van der Waals surface area contributed by atoms with Gasteiger partial charge in [0.15, 0.2) is 0 Å². The molecule has 1 aliphatic carbocycles. The van der Waals surface area contributed by atoms with E-state index in [1.54, 1.807) is 0 Å². The molecular formula is C12H24ClNO. The van der Waals surface area contributed by atoms with Crippen LogP contribution in [0.4, 0.5) is 0 Å². The molecule has 0 saturated heterocycles. The SMILES string of the molecule is CCC(CCCl)NC1CCCC(OC)C1. The Bertz CT molecular complexity index is 166. The fourth-order valence-electron chi connectivity index (χ4n) is 2.38. The van der Waals surface area contributed by atoms with E-state index >= 15 is 0 Å². The van der Waals surface area contributed by atoms with E-state index < -0.39 is 0 Å². The van der Waals surface area contributed by atoms with Crippen LogP contribution in [0.15, 0.2) is 0 Å². The quantitative estimate of drug-likeness (QED) is 0.713. The lowest BCUT2D eigenvalue weighted by atomic mass is 9.92. The van der Waals surface area contributed by atoms with Crippen molar-refractivity contribution in [2.24, 2.45) is 0 Å². The number of rotatable bonds is 6. The van der Waals surface area contributed by atoms with E-state index in [0.29, 0.717) is 18.2 Å². The largest absolute Gasteiger partial charge is 0.381 e. The second kappa shape index (κ2) is 7.48. The lowest BCUT2D eigenvalue weighted by Gasteiger charge is -2.31. The minimum Gasteiger partial charge on any atom is -0.381 e. The van der Waals surface area contributed by atoms with Crippen LogP contribution in [0, 0.1) is 0 Å². The van der Waals surface area contributed by atoms with Crippen LogP contribution in [-0.2, 0) is 4.74 Å². The van der Waals surface area contributed by atoms with Crippen LogP contribution in [0.25, 0.3) is 0 Å². The highest BCUT2D eigenvalue weighted by atomic mass is 35.5. The highest BCUT2D eigenvalue weighted by molar-refractivity contribution is 6.17. The molecular weight excluding hydrogens is 210 g/mol. The molecule has 0 spiro atoms. The Balaban J connectivity index is 2.29. The molecule has 0 aromatic rings. The van der Waals surface area contributed by atoms with Crippen molar-refractivity contribution >= 4 is 11.6 Å². The van der Waals surface area contributed by atoms with E-state index in [0.717, 1.165) is 18.7 Å². The Morgan fingerprint density at radius 2 is 2.27 bits per heavy atom. The molecule has 3 unspecified atom stereocenters. The molecule has 1 N–H and O–H groups in total. The summed E-state index contributed by atoms with van der Waals surface area (Å²) in [4.78, 5) is 0. The third kappa shape index (κ3) is 4.71. The van der Waals surface area contributed by atoms with Gasteiger partial charge in [-0.05, 0) is 38.5 Å². The molecule has 1 saturated carbocycles. The Kier molecular flexibility index (Phi) is 6.62. The molecule has 90 valence electrons. The third-order valence-corrected chi connectivity index (χ3v) is 3.60. The average molecular weight is 234 g/mol. The summed E-state index contributed by atoms with van der Waals surface area (Å²) in [5.41, 5.74) is 0. The van der Waals surface area contributed by atoms with Crippen molar-refractivity contribution in [3.05, 3.63) is 0 Å². The molecule has 0 radical (unpaired) electrons. The van der Waals surface area contributed by atoms with Gasteiger partial charge in [0.2, 0.25) is 0 Å². The van der Waals surface area contributed by atoms with Gasteiger partial charge in [-0.25, -0.2) is 0 Å². The van der Waals surface area contributed by atoms with Gasteiger partial charge < -0.3 is 10.1 Å². The zero-order valence-corrected chi connectivity index (χ0v) is 10.7. The molecule has 0 amide bonds. The van der Waals surface area contributed by atoms with Crippen molar-refractivity contribution in [1.82, 2.24) is 5.32 Å². The molecule has 1 rings (SSSR count). The van der Waals surface area contributed by atoms with Crippen LogP contribution in [0.2, 0.25) is 0 Å². The molecule has 3 atom stereocenters. The monoisotopic (exact) mass is 233 g/mol. The van der Waals surface area contributed by atoms with E-state index in [-0.39, 0.29) is 0 Å². The van der Waals surface area contributed by atoms with E-state index in [1.807, 2.05) is 7.11 Å². The summed E-state index contributed by atoms with van der Waals surface area (Å²) in [6.07, 6.45) is 7.67. The second-order valence-corrected chi connectivity index (χ2v) is 4.85. The van der Waals surface area contributed by atoms with Crippen LogP contribution in [0.5, 0.6) is 0 Å². The van der Waals surface area contributed by atoms with Gasteiger partial charge in [0.25, 0.3) is 0 Å². The predicted molar refractivity (Wildman–Crippen MR) is 65.6 cm³/mol. The first kappa shape index (κ1) is 13.3. The van der Waals surface area contributed by atoms with Crippen LogP contribution >= 0.6 is 11.6 Å². The van der Waals surface area contributed by atoms with Crippen molar-refractivity contribution in [3.63, 3.8) is 0 Å². The zero-order chi connectivity index (χ0) is 11.1. The van der Waals surface area contributed by atoms with Crippen LogP contribution in [0.1, 0.15) is 45.4 Å². The molecule has 0 aromatic heterocycles. The summed E-state index contributed by atoms with van der Waals surface area (Å²) < 4.78 is 5.43. The summed E-state index contributed by atoms with van der Waals surface area (Å²) in [5, 5.41) is 3.71. The smallest absolute Gasteiger partial charge is 0.0586 e. The normalized spacial score (nSPS) is 29.0. The summed E-state index contributed by atoms with van der Waals surface area (Å²) in [6.45, 7) is 2.22. The van der Waals surface area contributed by atoms with Gasteiger partial charge in [0.1, 0.15) is 0 Å². The number of hydrogen-bond acceptors (Lipinski definition) is 2. The zero-order valence-electron chi connectivity index (χ0n) is 9.97. The fraction of sp³-hybridized carbons (Fsp3) is 1.00. The van der Waals surface area contributed by atoms with Gasteiger partial charge in [-0.3, -0.25) is 0 Å². The highest BCUT2D eigenvalue weighted by Crippen LogP contribution is 2.21. The number of methoxy groups -OCH3 is 1. The number of hydrogen-bond donors (Lipinski definition) is 1. The van der Waals surface area contributed by atoms with Crippen molar-refractivity contribution < 1.29 is 4.74 Å². The molecule has 0 aliphatic heterocycles. The highest BCUT2D eigenvalue weighted by Gasteiger charge is 2.22. The number of alkyl halides is 1. The first-order chi connectivity index (χ1) is 7.30. The Hall–Kier alpha value is 0.210. The topological polar surface area (TPSA) is 21.3 Å². The maximum Gasteiger partial charge on any atom is 0.0586 e. The first-order valence-electron chi connectivity index (χ1n) is 6.15. The number of nitrogens with one attached hydrogen (secondary N) is 1. The van der Waals surface area contributed by atoms with E-state index in [2.05, 4.69) is 12.2 Å². The maximum absolute atomic E-state index is 5.78.